The number of alkyl halides is 3. The maximum Gasteiger partial charge on any atom is 0.393 e. The van der Waals surface area contributed by atoms with E-state index in [1.165, 1.54) is 18.6 Å². The highest BCUT2D eigenvalue weighted by atomic mass is 35.5. The topological polar surface area (TPSA) is 79.5 Å². The van der Waals surface area contributed by atoms with E-state index in [1.807, 2.05) is 0 Å². The van der Waals surface area contributed by atoms with E-state index in [1.54, 1.807) is 0 Å². The molecule has 3 aliphatic rings. The highest BCUT2D eigenvalue weighted by Gasteiger charge is 2.51. The highest BCUT2D eigenvalue weighted by molar-refractivity contribution is 6.30. The molecule has 3 fully saturated rings. The Morgan fingerprint density at radius 3 is 2.26 bits per heavy atom. The molecule has 0 aromatic heterocycles. The van der Waals surface area contributed by atoms with E-state index in [0.717, 1.165) is 57.4 Å². The average Bonchev–Trinajstić information content (AvgIpc) is 2.96. The van der Waals surface area contributed by atoms with E-state index in [2.05, 4.69) is 16.0 Å². The molecular formula is C31H44ClF4N3O3. The van der Waals surface area contributed by atoms with Crippen LogP contribution < -0.4 is 20.7 Å². The zero-order valence-corrected chi connectivity index (χ0v) is 24.9. The van der Waals surface area contributed by atoms with Crippen LogP contribution in [0, 0.1) is 23.1 Å². The summed E-state index contributed by atoms with van der Waals surface area (Å²) in [6, 6.07) is 3.71. The van der Waals surface area contributed by atoms with Gasteiger partial charge in [-0.05, 0) is 62.5 Å². The molecule has 11 heteroatoms. The number of halogens is 5. The Balaban J connectivity index is 1.25. The minimum absolute atomic E-state index is 0.0252. The van der Waals surface area contributed by atoms with Crippen molar-refractivity contribution >= 4 is 23.4 Å². The fraction of sp³-hybridized carbons (Fsp3) is 0.742. The summed E-state index contributed by atoms with van der Waals surface area (Å²) in [5.74, 6) is -2.35. The first-order valence-electron chi connectivity index (χ1n) is 15.5. The van der Waals surface area contributed by atoms with Gasteiger partial charge in [-0.3, -0.25) is 9.59 Å². The molecule has 2 amide bonds. The van der Waals surface area contributed by atoms with Crippen LogP contribution in [-0.4, -0.2) is 49.8 Å². The number of piperidine rings is 1. The number of carbonyl (C=O) groups excluding carboxylic acids is 2. The fourth-order valence-electron chi connectivity index (χ4n) is 7.07. The first kappa shape index (κ1) is 32.8. The molecule has 0 bridgehead atoms. The highest BCUT2D eigenvalue weighted by Crippen LogP contribution is 2.47. The Bertz CT molecular complexity index is 1040. The molecule has 1 aromatic rings. The molecule has 1 saturated heterocycles. The van der Waals surface area contributed by atoms with E-state index in [4.69, 9.17) is 16.3 Å². The second-order valence-electron chi connectivity index (χ2n) is 12.5. The Kier molecular flexibility index (Phi) is 11.8. The molecule has 2 aliphatic carbocycles. The SMILES string of the molecule is O=C(COc1ccc(Cl)c(F)c1)NC1CCC(C(=O)NCC2NCC(C(F)(F)F)CC23CCCCCCCCC3)CC1. The molecule has 42 heavy (non-hydrogen) atoms. The van der Waals surface area contributed by atoms with Gasteiger partial charge in [-0.15, -0.1) is 0 Å². The molecule has 1 heterocycles. The molecule has 1 aliphatic heterocycles. The summed E-state index contributed by atoms with van der Waals surface area (Å²) in [6.07, 6.45) is 7.31. The van der Waals surface area contributed by atoms with Gasteiger partial charge in [-0.1, -0.05) is 56.5 Å². The van der Waals surface area contributed by atoms with Gasteiger partial charge in [0.2, 0.25) is 5.91 Å². The second kappa shape index (κ2) is 15.1. The average molecular weight is 618 g/mol. The smallest absolute Gasteiger partial charge is 0.393 e. The van der Waals surface area contributed by atoms with E-state index in [-0.39, 0.29) is 60.2 Å². The van der Waals surface area contributed by atoms with Crippen LogP contribution in [0.4, 0.5) is 17.6 Å². The quantitative estimate of drug-likeness (QED) is 0.298. The van der Waals surface area contributed by atoms with E-state index in [0.29, 0.717) is 32.2 Å². The number of carbonyl (C=O) groups is 2. The van der Waals surface area contributed by atoms with Gasteiger partial charge in [0.05, 0.1) is 10.9 Å². The van der Waals surface area contributed by atoms with Crippen LogP contribution in [0.15, 0.2) is 18.2 Å². The first-order chi connectivity index (χ1) is 20.1. The number of rotatable bonds is 7. The predicted molar refractivity (Wildman–Crippen MR) is 154 cm³/mol. The van der Waals surface area contributed by atoms with Crippen LogP contribution in [0.5, 0.6) is 5.75 Å². The van der Waals surface area contributed by atoms with Crippen molar-refractivity contribution in [2.45, 2.75) is 108 Å². The Hall–Kier alpha value is -2.07. The molecule has 236 valence electrons. The molecule has 3 N–H and O–H groups in total. The molecule has 0 radical (unpaired) electrons. The third kappa shape index (κ3) is 9.21. The zero-order valence-electron chi connectivity index (χ0n) is 24.2. The predicted octanol–water partition coefficient (Wildman–Crippen LogP) is 6.70. The van der Waals surface area contributed by atoms with Gasteiger partial charge in [0, 0.05) is 37.2 Å². The Morgan fingerprint density at radius 1 is 1.00 bits per heavy atom. The minimum Gasteiger partial charge on any atom is -0.484 e. The number of hydrogen-bond donors (Lipinski definition) is 3. The minimum atomic E-state index is -4.22. The largest absolute Gasteiger partial charge is 0.484 e. The lowest BCUT2D eigenvalue weighted by Gasteiger charge is -2.49. The van der Waals surface area contributed by atoms with Gasteiger partial charge in [0.15, 0.2) is 6.61 Å². The maximum atomic E-state index is 13.8. The van der Waals surface area contributed by atoms with Crippen molar-refractivity contribution < 1.29 is 31.9 Å². The van der Waals surface area contributed by atoms with Gasteiger partial charge in [0.25, 0.3) is 5.91 Å². The normalized spacial score (nSPS) is 27.2. The number of hydrogen-bond acceptors (Lipinski definition) is 4. The third-order valence-corrected chi connectivity index (χ3v) is 9.83. The summed E-state index contributed by atoms with van der Waals surface area (Å²) in [5, 5.41) is 9.19. The van der Waals surface area contributed by atoms with E-state index >= 15 is 0 Å². The first-order valence-corrected chi connectivity index (χ1v) is 15.9. The molecule has 2 unspecified atom stereocenters. The summed E-state index contributed by atoms with van der Waals surface area (Å²) < 4.78 is 60.3. The standard InChI is InChI=1S/C31H44ClF4N3O3/c32-25-13-12-24(16-26(25)33)42-20-28(40)39-23-10-8-21(9-11-23)29(41)38-19-27-30(17-22(18-37-27)31(34,35)36)14-6-4-2-1-3-5-7-15-30/h12-13,16,21-23,27,37H,1-11,14-15,17-20H2,(H,38,41)(H,39,40). The van der Waals surface area contributed by atoms with Crippen molar-refractivity contribution in [3.8, 4) is 5.75 Å². The number of amides is 2. The summed E-state index contributed by atoms with van der Waals surface area (Å²) in [4.78, 5) is 25.5. The van der Waals surface area contributed by atoms with E-state index in [9.17, 15) is 27.2 Å². The second-order valence-corrected chi connectivity index (χ2v) is 12.9. The summed E-state index contributed by atoms with van der Waals surface area (Å²) in [5.41, 5.74) is -0.467. The molecule has 2 saturated carbocycles. The molecular weight excluding hydrogens is 574 g/mol. The van der Waals surface area contributed by atoms with Gasteiger partial charge in [0.1, 0.15) is 11.6 Å². The van der Waals surface area contributed by atoms with Gasteiger partial charge < -0.3 is 20.7 Å². The van der Waals surface area contributed by atoms with Crippen LogP contribution in [-0.2, 0) is 9.59 Å². The zero-order chi connectivity index (χ0) is 30.2. The van der Waals surface area contributed by atoms with Crippen LogP contribution in [0.25, 0.3) is 0 Å². The summed E-state index contributed by atoms with van der Waals surface area (Å²) >= 11 is 5.66. The van der Waals surface area contributed by atoms with Crippen LogP contribution in [0.1, 0.15) is 89.9 Å². The Labute approximate surface area is 251 Å². The third-order valence-electron chi connectivity index (χ3n) is 9.52. The number of nitrogens with one attached hydrogen (secondary N) is 3. The molecule has 1 aromatic carbocycles. The van der Waals surface area contributed by atoms with Gasteiger partial charge >= 0.3 is 6.18 Å². The lowest BCUT2D eigenvalue weighted by Crippen LogP contribution is -2.60. The summed E-state index contributed by atoms with van der Waals surface area (Å²) in [7, 11) is 0. The lowest BCUT2D eigenvalue weighted by atomic mass is 9.64. The van der Waals surface area contributed by atoms with Crippen molar-refractivity contribution in [2.75, 3.05) is 19.7 Å². The van der Waals surface area contributed by atoms with E-state index < -0.39 is 23.3 Å². The van der Waals surface area contributed by atoms with Crippen molar-refractivity contribution in [3.63, 3.8) is 0 Å². The molecule has 2 atom stereocenters. The Morgan fingerprint density at radius 2 is 1.64 bits per heavy atom. The van der Waals surface area contributed by atoms with Crippen molar-refractivity contribution in [1.29, 1.82) is 0 Å². The molecule has 6 nitrogen and oxygen atoms in total. The van der Waals surface area contributed by atoms with Crippen LogP contribution in [0.3, 0.4) is 0 Å². The number of ether oxygens (including phenoxy) is 1. The maximum absolute atomic E-state index is 13.8. The number of benzene rings is 1. The van der Waals surface area contributed by atoms with Crippen LogP contribution in [0.2, 0.25) is 5.02 Å². The van der Waals surface area contributed by atoms with Crippen molar-refractivity contribution in [2.24, 2.45) is 17.3 Å². The fourth-order valence-corrected chi connectivity index (χ4v) is 7.19. The monoisotopic (exact) mass is 617 g/mol. The van der Waals surface area contributed by atoms with Crippen molar-refractivity contribution in [3.05, 3.63) is 29.0 Å². The van der Waals surface area contributed by atoms with Crippen LogP contribution >= 0.6 is 11.6 Å². The van der Waals surface area contributed by atoms with Gasteiger partial charge in [-0.25, -0.2) is 4.39 Å². The molecule has 4 rings (SSSR count). The summed E-state index contributed by atoms with van der Waals surface area (Å²) in [6.45, 7) is -0.0250. The van der Waals surface area contributed by atoms with Gasteiger partial charge in [-0.2, -0.15) is 13.2 Å². The molecule has 1 spiro atoms. The van der Waals surface area contributed by atoms with Crippen molar-refractivity contribution in [1.82, 2.24) is 16.0 Å². The lowest BCUT2D eigenvalue weighted by molar-refractivity contribution is -0.192.